The van der Waals surface area contributed by atoms with Gasteiger partial charge in [-0.2, -0.15) is 0 Å². The smallest absolute Gasteiger partial charge is 0.408 e. The number of fused-ring (bicyclic) bond motifs is 1. The van der Waals surface area contributed by atoms with E-state index in [1.165, 1.54) is 0 Å². The normalized spacial score (nSPS) is 18.5. The fraction of sp³-hybridized carbons (Fsp3) is 0.250. The standard InChI is InChI=1S/C12H11N3O4/c16-10-3-6(5-13-10)11(17)14-7-1-2-9-8(4-7)15-12(18)19-9/h1-2,4,6H,3,5H2,(H,13,16)(H,14,17)(H,15,18). The summed E-state index contributed by atoms with van der Waals surface area (Å²) in [4.78, 5) is 36.5. The maximum Gasteiger partial charge on any atom is 0.417 e. The van der Waals surface area contributed by atoms with Crippen molar-refractivity contribution in [3.63, 3.8) is 0 Å². The maximum absolute atomic E-state index is 11.9. The molecule has 1 unspecified atom stereocenters. The van der Waals surface area contributed by atoms with Crippen molar-refractivity contribution in [2.45, 2.75) is 6.42 Å². The first kappa shape index (κ1) is 11.5. The molecule has 3 rings (SSSR count). The van der Waals surface area contributed by atoms with Gasteiger partial charge >= 0.3 is 5.76 Å². The Morgan fingerprint density at radius 3 is 2.95 bits per heavy atom. The summed E-state index contributed by atoms with van der Waals surface area (Å²) in [5.41, 5.74) is 1.50. The Kier molecular flexibility index (Phi) is 2.59. The van der Waals surface area contributed by atoms with Crippen LogP contribution >= 0.6 is 0 Å². The molecule has 3 N–H and O–H groups in total. The number of carbonyl (C=O) groups is 2. The number of oxazole rings is 1. The number of aromatic nitrogens is 1. The molecule has 0 spiro atoms. The highest BCUT2D eigenvalue weighted by Gasteiger charge is 2.27. The van der Waals surface area contributed by atoms with E-state index in [0.717, 1.165) is 0 Å². The molecule has 1 aromatic heterocycles. The lowest BCUT2D eigenvalue weighted by molar-refractivity contribution is -0.123. The van der Waals surface area contributed by atoms with Crippen LogP contribution in [-0.4, -0.2) is 23.3 Å². The minimum Gasteiger partial charge on any atom is -0.408 e. The zero-order chi connectivity index (χ0) is 13.4. The molecule has 7 heteroatoms. The lowest BCUT2D eigenvalue weighted by atomic mass is 10.1. The van der Waals surface area contributed by atoms with Gasteiger partial charge in [-0.05, 0) is 18.2 Å². The van der Waals surface area contributed by atoms with Crippen molar-refractivity contribution in [2.24, 2.45) is 5.92 Å². The van der Waals surface area contributed by atoms with Gasteiger partial charge < -0.3 is 15.1 Å². The van der Waals surface area contributed by atoms with Gasteiger partial charge in [0.05, 0.1) is 11.4 Å². The van der Waals surface area contributed by atoms with E-state index in [2.05, 4.69) is 15.6 Å². The highest BCUT2D eigenvalue weighted by atomic mass is 16.4. The number of hydrogen-bond donors (Lipinski definition) is 3. The minimum atomic E-state index is -0.538. The summed E-state index contributed by atoms with van der Waals surface area (Å²) in [5.74, 6) is -1.23. The summed E-state index contributed by atoms with van der Waals surface area (Å²) in [6, 6.07) is 4.85. The highest BCUT2D eigenvalue weighted by Crippen LogP contribution is 2.18. The van der Waals surface area contributed by atoms with Gasteiger partial charge in [0.1, 0.15) is 0 Å². The van der Waals surface area contributed by atoms with E-state index < -0.39 is 5.76 Å². The number of anilines is 1. The number of benzene rings is 1. The van der Waals surface area contributed by atoms with Crippen LogP contribution in [0.25, 0.3) is 11.1 Å². The lowest BCUT2D eigenvalue weighted by Gasteiger charge is -2.08. The number of rotatable bonds is 2. The summed E-state index contributed by atoms with van der Waals surface area (Å²) >= 11 is 0. The summed E-state index contributed by atoms with van der Waals surface area (Å²) in [7, 11) is 0. The van der Waals surface area contributed by atoms with Crippen molar-refractivity contribution in [1.29, 1.82) is 0 Å². The molecule has 1 aromatic carbocycles. The van der Waals surface area contributed by atoms with Gasteiger partial charge in [-0.15, -0.1) is 0 Å². The Labute approximate surface area is 107 Å². The molecular formula is C12H11N3O4. The van der Waals surface area contributed by atoms with E-state index >= 15 is 0 Å². The summed E-state index contributed by atoms with van der Waals surface area (Å²) < 4.78 is 4.86. The van der Waals surface area contributed by atoms with Crippen molar-refractivity contribution in [1.82, 2.24) is 10.3 Å². The average molecular weight is 261 g/mol. The molecule has 7 nitrogen and oxygen atoms in total. The largest absolute Gasteiger partial charge is 0.417 e. The molecule has 0 bridgehead atoms. The molecule has 2 amide bonds. The van der Waals surface area contributed by atoms with Gasteiger partial charge in [-0.3, -0.25) is 14.6 Å². The molecule has 1 aliphatic rings. The van der Waals surface area contributed by atoms with Crippen LogP contribution in [0.3, 0.4) is 0 Å². The fourth-order valence-corrected chi connectivity index (χ4v) is 2.06. The second-order valence-corrected chi connectivity index (χ2v) is 4.42. The third-order valence-electron chi connectivity index (χ3n) is 3.03. The van der Waals surface area contributed by atoms with E-state index in [1.54, 1.807) is 18.2 Å². The van der Waals surface area contributed by atoms with E-state index in [4.69, 9.17) is 4.42 Å². The minimum absolute atomic E-state index is 0.116. The first-order chi connectivity index (χ1) is 9.11. The Balaban J connectivity index is 1.79. The predicted octanol–water partition coefficient (Wildman–Crippen LogP) is 0.196. The number of aromatic amines is 1. The van der Waals surface area contributed by atoms with E-state index in [-0.39, 0.29) is 24.2 Å². The highest BCUT2D eigenvalue weighted by molar-refractivity contribution is 5.98. The number of nitrogens with one attached hydrogen (secondary N) is 3. The molecule has 2 aromatic rings. The molecule has 1 fully saturated rings. The number of hydrogen-bond acceptors (Lipinski definition) is 4. The molecule has 2 heterocycles. The predicted molar refractivity (Wildman–Crippen MR) is 66.6 cm³/mol. The van der Waals surface area contributed by atoms with Crippen molar-refractivity contribution in [3.05, 3.63) is 28.7 Å². The van der Waals surface area contributed by atoms with Crippen molar-refractivity contribution < 1.29 is 14.0 Å². The van der Waals surface area contributed by atoms with Gasteiger partial charge in [-0.1, -0.05) is 0 Å². The van der Waals surface area contributed by atoms with Crippen molar-refractivity contribution >= 4 is 28.6 Å². The van der Waals surface area contributed by atoms with Crippen LogP contribution in [0.1, 0.15) is 6.42 Å². The van der Waals surface area contributed by atoms with Crippen LogP contribution in [0.15, 0.2) is 27.4 Å². The number of H-pyrrole nitrogens is 1. The van der Waals surface area contributed by atoms with E-state index in [9.17, 15) is 14.4 Å². The molecule has 98 valence electrons. The maximum atomic E-state index is 11.9. The fourth-order valence-electron chi connectivity index (χ4n) is 2.06. The Bertz CT molecular complexity index is 715. The molecule has 19 heavy (non-hydrogen) atoms. The first-order valence-electron chi connectivity index (χ1n) is 5.82. The first-order valence-corrected chi connectivity index (χ1v) is 5.82. The Morgan fingerprint density at radius 1 is 1.37 bits per heavy atom. The molecule has 0 aliphatic carbocycles. The molecular weight excluding hydrogens is 250 g/mol. The second-order valence-electron chi connectivity index (χ2n) is 4.42. The Hall–Kier alpha value is -2.57. The van der Waals surface area contributed by atoms with Crippen LogP contribution in [0.2, 0.25) is 0 Å². The Morgan fingerprint density at radius 2 is 2.21 bits per heavy atom. The monoisotopic (exact) mass is 261 g/mol. The number of amides is 2. The molecule has 1 atom stereocenters. The van der Waals surface area contributed by atoms with Crippen LogP contribution in [0.4, 0.5) is 5.69 Å². The zero-order valence-corrected chi connectivity index (χ0v) is 9.86. The molecule has 1 saturated heterocycles. The summed E-state index contributed by atoms with van der Waals surface area (Å²) in [5, 5.41) is 5.32. The molecule has 0 radical (unpaired) electrons. The third kappa shape index (κ3) is 2.22. The molecule has 0 saturated carbocycles. The van der Waals surface area contributed by atoms with Crippen LogP contribution in [0.5, 0.6) is 0 Å². The summed E-state index contributed by atoms with van der Waals surface area (Å²) in [6.07, 6.45) is 0.205. The van der Waals surface area contributed by atoms with Gasteiger partial charge in [0.2, 0.25) is 11.8 Å². The average Bonchev–Trinajstić information content (AvgIpc) is 2.93. The number of carbonyl (C=O) groups excluding carboxylic acids is 2. The van der Waals surface area contributed by atoms with E-state index in [0.29, 0.717) is 23.3 Å². The summed E-state index contributed by atoms with van der Waals surface area (Å²) in [6.45, 7) is 0.357. The lowest BCUT2D eigenvalue weighted by Crippen LogP contribution is -2.24. The van der Waals surface area contributed by atoms with Gasteiger partial charge in [0.15, 0.2) is 5.58 Å². The van der Waals surface area contributed by atoms with Gasteiger partial charge in [0, 0.05) is 18.7 Å². The van der Waals surface area contributed by atoms with Crippen molar-refractivity contribution in [3.8, 4) is 0 Å². The van der Waals surface area contributed by atoms with Crippen LogP contribution < -0.4 is 16.4 Å². The van der Waals surface area contributed by atoms with Crippen LogP contribution in [-0.2, 0) is 9.59 Å². The molecule has 1 aliphatic heterocycles. The zero-order valence-electron chi connectivity index (χ0n) is 9.86. The van der Waals surface area contributed by atoms with E-state index in [1.807, 2.05) is 0 Å². The topological polar surface area (TPSA) is 104 Å². The van der Waals surface area contributed by atoms with Gasteiger partial charge in [0.25, 0.3) is 0 Å². The second kappa shape index (κ2) is 4.27. The SMILES string of the molecule is O=C1CC(C(=O)Nc2ccc3oc(=O)[nH]c3c2)CN1. The van der Waals surface area contributed by atoms with Crippen molar-refractivity contribution in [2.75, 3.05) is 11.9 Å². The van der Waals surface area contributed by atoms with Crippen LogP contribution in [0, 0.1) is 5.92 Å². The van der Waals surface area contributed by atoms with Gasteiger partial charge in [-0.25, -0.2) is 4.79 Å². The third-order valence-corrected chi connectivity index (χ3v) is 3.03. The quantitative estimate of drug-likeness (QED) is 0.718.